The number of carbonyl (C=O) groups is 1. The summed E-state index contributed by atoms with van der Waals surface area (Å²) >= 11 is 0. The van der Waals surface area contributed by atoms with Crippen LogP contribution < -0.4 is 5.32 Å². The fraction of sp³-hybridized carbons (Fsp3) is 0.462. The first kappa shape index (κ1) is 13.3. The van der Waals surface area contributed by atoms with Crippen molar-refractivity contribution in [1.82, 2.24) is 5.32 Å². The zero-order valence-electron chi connectivity index (χ0n) is 10.5. The van der Waals surface area contributed by atoms with Crippen LogP contribution in [0.15, 0.2) is 24.3 Å². The number of nitrogens with zero attached hydrogens (tertiary/aromatic N) is 1. The number of ether oxygens (including phenoxy) is 1. The minimum atomic E-state index is -0.461. The summed E-state index contributed by atoms with van der Waals surface area (Å²) in [6.07, 6.45) is 3.88. The van der Waals surface area contributed by atoms with Gasteiger partial charge >= 0.3 is 6.09 Å². The molecule has 0 aromatic heterocycles. The van der Waals surface area contributed by atoms with Crippen molar-refractivity contribution < 1.29 is 14.5 Å². The Morgan fingerprint density at radius 1 is 1.32 bits per heavy atom. The lowest BCUT2D eigenvalue weighted by Gasteiger charge is -2.12. The molecule has 6 heteroatoms. The summed E-state index contributed by atoms with van der Waals surface area (Å²) in [6, 6.07) is 6.19. The maximum Gasteiger partial charge on any atom is 0.407 e. The maximum absolute atomic E-state index is 11.5. The Balaban J connectivity index is 1.77. The van der Waals surface area contributed by atoms with E-state index in [4.69, 9.17) is 4.74 Å². The standard InChI is InChI=1S/C13H16N2O4/c16-13(14-11-3-1-2-4-11)19-9-10-5-7-12(8-6-10)15(17)18/h5-8,11H,1-4,9H2,(H,14,16). The number of alkyl carbamates (subject to hydrolysis) is 1. The molecule has 102 valence electrons. The van der Waals surface area contributed by atoms with Gasteiger partial charge in [0.1, 0.15) is 6.61 Å². The number of carbonyl (C=O) groups excluding carboxylic acids is 1. The monoisotopic (exact) mass is 264 g/mol. The van der Waals surface area contributed by atoms with Gasteiger partial charge in [-0.15, -0.1) is 0 Å². The topological polar surface area (TPSA) is 81.5 Å². The van der Waals surface area contributed by atoms with Crippen LogP contribution in [0.1, 0.15) is 31.2 Å². The highest BCUT2D eigenvalue weighted by atomic mass is 16.6. The first-order valence-corrected chi connectivity index (χ1v) is 6.32. The molecule has 0 spiro atoms. The zero-order valence-corrected chi connectivity index (χ0v) is 10.5. The van der Waals surface area contributed by atoms with Crippen LogP contribution in [0.5, 0.6) is 0 Å². The van der Waals surface area contributed by atoms with E-state index in [1.807, 2.05) is 0 Å². The van der Waals surface area contributed by atoms with Gasteiger partial charge in [0.15, 0.2) is 0 Å². The molecule has 0 atom stereocenters. The van der Waals surface area contributed by atoms with E-state index in [0.717, 1.165) is 31.2 Å². The van der Waals surface area contributed by atoms with E-state index in [1.54, 1.807) is 12.1 Å². The van der Waals surface area contributed by atoms with E-state index >= 15 is 0 Å². The van der Waals surface area contributed by atoms with Gasteiger partial charge in [-0.2, -0.15) is 0 Å². The minimum Gasteiger partial charge on any atom is -0.445 e. The molecule has 6 nitrogen and oxygen atoms in total. The Hall–Kier alpha value is -2.11. The Morgan fingerprint density at radius 2 is 1.95 bits per heavy atom. The Kier molecular flexibility index (Phi) is 4.33. The van der Waals surface area contributed by atoms with Crippen molar-refractivity contribution in [2.45, 2.75) is 38.3 Å². The highest BCUT2D eigenvalue weighted by molar-refractivity contribution is 5.67. The Labute approximate surface area is 110 Å². The number of nitro benzene ring substituents is 1. The normalized spacial score (nSPS) is 15.2. The number of hydrogen-bond donors (Lipinski definition) is 1. The SMILES string of the molecule is O=C(NC1CCCC1)OCc1ccc([N+](=O)[O-])cc1. The number of rotatable bonds is 4. The van der Waals surface area contributed by atoms with Crippen LogP contribution in [0, 0.1) is 10.1 Å². The molecule has 1 N–H and O–H groups in total. The van der Waals surface area contributed by atoms with Crippen LogP contribution in [0.4, 0.5) is 10.5 Å². The van der Waals surface area contributed by atoms with Gasteiger partial charge in [0.05, 0.1) is 4.92 Å². The number of nitrogens with one attached hydrogen (secondary N) is 1. The third-order valence-electron chi connectivity index (χ3n) is 3.19. The first-order valence-electron chi connectivity index (χ1n) is 6.32. The smallest absolute Gasteiger partial charge is 0.407 e. The van der Waals surface area contributed by atoms with E-state index in [9.17, 15) is 14.9 Å². The molecule has 19 heavy (non-hydrogen) atoms. The molecule has 1 aliphatic carbocycles. The highest BCUT2D eigenvalue weighted by Crippen LogP contribution is 2.18. The largest absolute Gasteiger partial charge is 0.445 e. The number of non-ortho nitro benzene ring substituents is 1. The van der Waals surface area contributed by atoms with E-state index in [0.29, 0.717) is 0 Å². The second-order valence-corrected chi connectivity index (χ2v) is 4.63. The summed E-state index contributed by atoms with van der Waals surface area (Å²) in [5.41, 5.74) is 0.756. The summed E-state index contributed by atoms with van der Waals surface area (Å²) in [5.74, 6) is 0. The first-order chi connectivity index (χ1) is 9.15. The van der Waals surface area contributed by atoms with Crippen molar-refractivity contribution in [3.8, 4) is 0 Å². The zero-order chi connectivity index (χ0) is 13.7. The predicted molar refractivity (Wildman–Crippen MR) is 68.7 cm³/mol. The van der Waals surface area contributed by atoms with E-state index in [-0.39, 0.29) is 18.3 Å². The average Bonchev–Trinajstić information content (AvgIpc) is 2.89. The molecule has 0 radical (unpaired) electrons. The minimum absolute atomic E-state index is 0.0270. The van der Waals surface area contributed by atoms with Gasteiger partial charge in [-0.1, -0.05) is 12.8 Å². The van der Waals surface area contributed by atoms with Crippen LogP contribution in [0.25, 0.3) is 0 Å². The Morgan fingerprint density at radius 3 is 2.53 bits per heavy atom. The molecular formula is C13H16N2O4. The maximum atomic E-state index is 11.5. The second kappa shape index (κ2) is 6.17. The van der Waals surface area contributed by atoms with Crippen LogP contribution in [0.2, 0.25) is 0 Å². The molecule has 1 saturated carbocycles. The van der Waals surface area contributed by atoms with Crippen LogP contribution in [-0.4, -0.2) is 17.1 Å². The number of amides is 1. The molecular weight excluding hydrogens is 248 g/mol. The van der Waals surface area contributed by atoms with E-state index in [2.05, 4.69) is 5.32 Å². The van der Waals surface area contributed by atoms with Crippen molar-refractivity contribution in [2.75, 3.05) is 0 Å². The predicted octanol–water partition coefficient (Wildman–Crippen LogP) is 2.76. The summed E-state index contributed by atoms with van der Waals surface area (Å²) in [7, 11) is 0. The molecule has 0 unspecified atom stereocenters. The molecule has 1 aliphatic rings. The second-order valence-electron chi connectivity index (χ2n) is 4.63. The van der Waals surface area contributed by atoms with E-state index in [1.165, 1.54) is 12.1 Å². The van der Waals surface area contributed by atoms with Crippen molar-refractivity contribution in [1.29, 1.82) is 0 Å². The van der Waals surface area contributed by atoms with Gasteiger partial charge in [-0.3, -0.25) is 10.1 Å². The number of nitro groups is 1. The molecule has 1 aromatic carbocycles. The highest BCUT2D eigenvalue weighted by Gasteiger charge is 2.17. The van der Waals surface area contributed by atoms with Crippen molar-refractivity contribution in [3.05, 3.63) is 39.9 Å². The van der Waals surface area contributed by atoms with Gasteiger partial charge < -0.3 is 10.1 Å². The fourth-order valence-electron chi connectivity index (χ4n) is 2.14. The molecule has 0 heterocycles. The number of benzene rings is 1. The Bertz CT molecular complexity index is 452. The van der Waals surface area contributed by atoms with Crippen LogP contribution in [0.3, 0.4) is 0 Å². The molecule has 2 rings (SSSR count). The van der Waals surface area contributed by atoms with Crippen LogP contribution >= 0.6 is 0 Å². The molecule has 0 aliphatic heterocycles. The lowest BCUT2D eigenvalue weighted by molar-refractivity contribution is -0.384. The number of hydrogen-bond acceptors (Lipinski definition) is 4. The quantitative estimate of drug-likeness (QED) is 0.669. The molecule has 0 bridgehead atoms. The molecule has 0 saturated heterocycles. The average molecular weight is 264 g/mol. The van der Waals surface area contributed by atoms with Gasteiger partial charge in [0.2, 0.25) is 0 Å². The van der Waals surface area contributed by atoms with Gasteiger partial charge in [-0.25, -0.2) is 4.79 Å². The summed E-state index contributed by atoms with van der Waals surface area (Å²) in [6.45, 7) is 0.122. The van der Waals surface area contributed by atoms with Crippen LogP contribution in [-0.2, 0) is 11.3 Å². The van der Waals surface area contributed by atoms with Gasteiger partial charge in [0.25, 0.3) is 5.69 Å². The van der Waals surface area contributed by atoms with Crippen molar-refractivity contribution in [3.63, 3.8) is 0 Å². The molecule has 1 fully saturated rings. The summed E-state index contributed by atoms with van der Waals surface area (Å²) in [5, 5.41) is 13.3. The summed E-state index contributed by atoms with van der Waals surface area (Å²) < 4.78 is 5.07. The van der Waals surface area contributed by atoms with E-state index < -0.39 is 11.0 Å². The fourth-order valence-corrected chi connectivity index (χ4v) is 2.14. The lowest BCUT2D eigenvalue weighted by Crippen LogP contribution is -2.32. The third kappa shape index (κ3) is 3.94. The third-order valence-corrected chi connectivity index (χ3v) is 3.19. The molecule has 1 aromatic rings. The molecule has 1 amide bonds. The van der Waals surface area contributed by atoms with Gasteiger partial charge in [0, 0.05) is 18.2 Å². The lowest BCUT2D eigenvalue weighted by atomic mass is 10.2. The van der Waals surface area contributed by atoms with Crippen molar-refractivity contribution in [2.24, 2.45) is 0 Å². The van der Waals surface area contributed by atoms with Crippen molar-refractivity contribution >= 4 is 11.8 Å². The summed E-state index contributed by atoms with van der Waals surface area (Å²) in [4.78, 5) is 21.5. The van der Waals surface area contributed by atoms with Gasteiger partial charge in [-0.05, 0) is 30.5 Å².